The number of carbonyl (C=O) groups excluding carboxylic acids is 3. The van der Waals surface area contributed by atoms with Crippen LogP contribution in [0.4, 0.5) is 10.5 Å². The Morgan fingerprint density at radius 3 is 2.36 bits per heavy atom. The fourth-order valence-electron chi connectivity index (χ4n) is 4.62. The molecule has 0 unspecified atom stereocenters. The van der Waals surface area contributed by atoms with Crippen LogP contribution in [0.5, 0.6) is 0 Å². The SMILES string of the molecule is CCN(CC)S(=O)(=O)c1cc(C)c(C)c(NC(=O)CCN2C(=O)NC3(CCCCC3)C2=O)c1. The van der Waals surface area contributed by atoms with Gasteiger partial charge in [0.05, 0.1) is 4.90 Å². The van der Waals surface area contributed by atoms with E-state index in [1.165, 1.54) is 10.4 Å². The van der Waals surface area contributed by atoms with E-state index in [2.05, 4.69) is 10.6 Å². The molecule has 10 heteroatoms. The highest BCUT2D eigenvalue weighted by Crippen LogP contribution is 2.33. The summed E-state index contributed by atoms with van der Waals surface area (Å²) in [6, 6.07) is 2.63. The number of amides is 4. The van der Waals surface area contributed by atoms with E-state index in [1.54, 1.807) is 26.8 Å². The average molecular weight is 479 g/mol. The molecule has 182 valence electrons. The molecule has 3 rings (SSSR count). The predicted octanol–water partition coefficient (Wildman–Crippen LogP) is 2.92. The van der Waals surface area contributed by atoms with Gasteiger partial charge >= 0.3 is 6.03 Å². The topological polar surface area (TPSA) is 116 Å². The molecule has 33 heavy (non-hydrogen) atoms. The van der Waals surface area contributed by atoms with Gasteiger partial charge in [-0.05, 0) is 49.9 Å². The third-order valence-electron chi connectivity index (χ3n) is 6.77. The van der Waals surface area contributed by atoms with Crippen molar-refractivity contribution in [2.24, 2.45) is 0 Å². The van der Waals surface area contributed by atoms with Gasteiger partial charge in [0, 0.05) is 31.7 Å². The summed E-state index contributed by atoms with van der Waals surface area (Å²) in [5.41, 5.74) is 1.10. The summed E-state index contributed by atoms with van der Waals surface area (Å²) in [6.07, 6.45) is 4.03. The van der Waals surface area contributed by atoms with Crippen LogP contribution in [-0.2, 0) is 19.6 Å². The van der Waals surface area contributed by atoms with Gasteiger partial charge in [-0.15, -0.1) is 0 Å². The van der Waals surface area contributed by atoms with Gasteiger partial charge in [-0.25, -0.2) is 13.2 Å². The van der Waals surface area contributed by atoms with E-state index in [1.807, 2.05) is 6.92 Å². The van der Waals surface area contributed by atoms with E-state index in [-0.39, 0.29) is 29.7 Å². The summed E-state index contributed by atoms with van der Waals surface area (Å²) in [4.78, 5) is 39.2. The lowest BCUT2D eigenvalue weighted by molar-refractivity contribution is -0.132. The van der Waals surface area contributed by atoms with Gasteiger partial charge in [0.25, 0.3) is 5.91 Å². The maximum Gasteiger partial charge on any atom is 0.325 e. The van der Waals surface area contributed by atoms with Gasteiger partial charge in [0.15, 0.2) is 0 Å². The quantitative estimate of drug-likeness (QED) is 0.558. The summed E-state index contributed by atoms with van der Waals surface area (Å²) >= 11 is 0. The van der Waals surface area contributed by atoms with Crippen LogP contribution in [0.1, 0.15) is 63.5 Å². The number of hydrogen-bond acceptors (Lipinski definition) is 5. The highest BCUT2D eigenvalue weighted by Gasteiger charge is 2.51. The Morgan fingerprint density at radius 2 is 1.76 bits per heavy atom. The molecule has 2 N–H and O–H groups in total. The van der Waals surface area contributed by atoms with Crippen LogP contribution in [0.15, 0.2) is 17.0 Å². The molecule has 9 nitrogen and oxygen atoms in total. The first-order valence-corrected chi connectivity index (χ1v) is 13.0. The molecule has 0 radical (unpaired) electrons. The fraction of sp³-hybridized carbons (Fsp3) is 0.609. The van der Waals surface area contributed by atoms with Crippen molar-refractivity contribution >= 4 is 33.6 Å². The largest absolute Gasteiger partial charge is 0.326 e. The van der Waals surface area contributed by atoms with E-state index in [4.69, 9.17) is 0 Å². The molecule has 2 fully saturated rings. The van der Waals surface area contributed by atoms with Crippen LogP contribution < -0.4 is 10.6 Å². The van der Waals surface area contributed by atoms with Crippen LogP contribution in [0, 0.1) is 13.8 Å². The van der Waals surface area contributed by atoms with Crippen molar-refractivity contribution in [1.29, 1.82) is 0 Å². The average Bonchev–Trinajstić information content (AvgIpc) is 2.99. The zero-order valence-electron chi connectivity index (χ0n) is 19.9. The summed E-state index contributed by atoms with van der Waals surface area (Å²) in [7, 11) is -3.68. The number of carbonyl (C=O) groups is 3. The zero-order chi connectivity index (χ0) is 24.4. The van der Waals surface area contributed by atoms with Crippen LogP contribution in [-0.4, -0.2) is 60.6 Å². The predicted molar refractivity (Wildman–Crippen MR) is 125 cm³/mol. The number of sulfonamides is 1. The number of imide groups is 1. The van der Waals surface area contributed by atoms with Crippen LogP contribution >= 0.6 is 0 Å². The molecule has 1 aromatic carbocycles. The molecular weight excluding hydrogens is 444 g/mol. The molecule has 1 aromatic rings. The van der Waals surface area contributed by atoms with Gasteiger partial charge in [-0.3, -0.25) is 14.5 Å². The summed E-state index contributed by atoms with van der Waals surface area (Å²) < 4.78 is 27.2. The molecule has 0 aromatic heterocycles. The van der Waals surface area contributed by atoms with Gasteiger partial charge in [0.2, 0.25) is 15.9 Å². The summed E-state index contributed by atoms with van der Waals surface area (Å²) in [5, 5.41) is 5.61. The van der Waals surface area contributed by atoms with Crippen LogP contribution in [0.2, 0.25) is 0 Å². The van der Waals surface area contributed by atoms with E-state index in [9.17, 15) is 22.8 Å². The van der Waals surface area contributed by atoms with E-state index < -0.39 is 21.6 Å². The Labute approximate surface area is 195 Å². The first kappa shape index (κ1) is 25.2. The highest BCUT2D eigenvalue weighted by atomic mass is 32.2. The van der Waals surface area contributed by atoms with Gasteiger partial charge in [0.1, 0.15) is 5.54 Å². The lowest BCUT2D eigenvalue weighted by atomic mass is 9.82. The van der Waals surface area contributed by atoms with Gasteiger partial charge in [-0.1, -0.05) is 33.1 Å². The summed E-state index contributed by atoms with van der Waals surface area (Å²) in [5.74, 6) is -0.639. The minimum atomic E-state index is -3.68. The Morgan fingerprint density at radius 1 is 1.12 bits per heavy atom. The Bertz CT molecular complexity index is 1040. The van der Waals surface area contributed by atoms with Crippen molar-refractivity contribution in [3.63, 3.8) is 0 Å². The Hall–Kier alpha value is -2.46. The van der Waals surface area contributed by atoms with Crippen molar-refractivity contribution < 1.29 is 22.8 Å². The van der Waals surface area contributed by atoms with Crippen molar-refractivity contribution in [2.45, 2.75) is 76.7 Å². The normalized spacial score (nSPS) is 18.2. The first-order chi connectivity index (χ1) is 15.6. The standard InChI is InChI=1S/C23H34N4O5S/c1-5-26(6-2)33(31,32)18-14-16(3)17(4)19(15-18)24-20(28)10-13-27-21(29)23(25-22(27)30)11-8-7-9-12-23/h14-15H,5-13H2,1-4H3,(H,24,28)(H,25,30). The van der Waals surface area contributed by atoms with Crippen molar-refractivity contribution in [3.05, 3.63) is 23.3 Å². The maximum atomic E-state index is 12.9. The van der Waals surface area contributed by atoms with E-state index in [0.717, 1.165) is 35.3 Å². The highest BCUT2D eigenvalue weighted by molar-refractivity contribution is 7.89. The first-order valence-electron chi connectivity index (χ1n) is 11.6. The molecule has 1 aliphatic heterocycles. The minimum Gasteiger partial charge on any atom is -0.326 e. The molecule has 1 heterocycles. The number of hydrogen-bond donors (Lipinski definition) is 2. The number of nitrogens with one attached hydrogen (secondary N) is 2. The molecular formula is C23H34N4O5S. The van der Waals surface area contributed by atoms with E-state index in [0.29, 0.717) is 31.6 Å². The lowest BCUT2D eigenvalue weighted by Crippen LogP contribution is -2.48. The molecule has 1 spiro atoms. The maximum absolute atomic E-state index is 12.9. The van der Waals surface area contributed by atoms with Gasteiger partial charge in [-0.2, -0.15) is 4.31 Å². The summed E-state index contributed by atoms with van der Waals surface area (Å²) in [6.45, 7) is 7.83. The molecule has 0 bridgehead atoms. The molecule has 0 atom stereocenters. The number of aryl methyl sites for hydroxylation is 1. The third kappa shape index (κ3) is 4.91. The smallest absolute Gasteiger partial charge is 0.325 e. The molecule has 1 saturated carbocycles. The second-order valence-corrected chi connectivity index (χ2v) is 10.8. The van der Waals surface area contributed by atoms with Gasteiger partial charge < -0.3 is 10.6 Å². The number of benzene rings is 1. The van der Waals surface area contributed by atoms with E-state index >= 15 is 0 Å². The van der Waals surface area contributed by atoms with Crippen LogP contribution in [0.25, 0.3) is 0 Å². The molecule has 1 aliphatic carbocycles. The molecule has 1 saturated heterocycles. The van der Waals surface area contributed by atoms with Crippen molar-refractivity contribution in [3.8, 4) is 0 Å². The molecule has 4 amide bonds. The van der Waals surface area contributed by atoms with Crippen molar-refractivity contribution in [2.75, 3.05) is 25.0 Å². The van der Waals surface area contributed by atoms with Crippen molar-refractivity contribution in [1.82, 2.24) is 14.5 Å². The zero-order valence-corrected chi connectivity index (χ0v) is 20.7. The number of urea groups is 1. The third-order valence-corrected chi connectivity index (χ3v) is 8.80. The Kier molecular flexibility index (Phi) is 7.48. The monoisotopic (exact) mass is 478 g/mol. The lowest BCUT2D eigenvalue weighted by Gasteiger charge is -2.30. The number of nitrogens with zero attached hydrogens (tertiary/aromatic N) is 2. The minimum absolute atomic E-state index is 0.0201. The number of anilines is 1. The van der Waals surface area contributed by atoms with Crippen LogP contribution in [0.3, 0.4) is 0 Å². The fourth-order valence-corrected chi connectivity index (χ4v) is 6.19. The number of rotatable bonds is 8. The second kappa shape index (κ2) is 9.80. The second-order valence-electron chi connectivity index (χ2n) is 8.83. The molecule has 2 aliphatic rings. The Balaban J connectivity index is 1.71.